The molecule has 0 aliphatic heterocycles. The van der Waals surface area contributed by atoms with E-state index < -0.39 is 5.60 Å². The Kier molecular flexibility index (Phi) is 5.54. The molecule has 0 radical (unpaired) electrons. The Hall–Kier alpha value is -2.35. The molecule has 0 heterocycles. The van der Waals surface area contributed by atoms with Gasteiger partial charge in [-0.2, -0.15) is 0 Å². The van der Waals surface area contributed by atoms with E-state index >= 15 is 0 Å². The fourth-order valence-electron chi connectivity index (χ4n) is 7.31. The quantitative estimate of drug-likeness (QED) is 0.417. The summed E-state index contributed by atoms with van der Waals surface area (Å²) in [5, 5.41) is 12.6. The van der Waals surface area contributed by atoms with E-state index in [0.717, 1.165) is 44.1 Å². The van der Waals surface area contributed by atoms with Gasteiger partial charge in [-0.15, -0.1) is 0 Å². The Bertz CT molecular complexity index is 1140. The molecular weight excluding hydrogens is 434 g/mol. The summed E-state index contributed by atoms with van der Waals surface area (Å²) in [6.45, 7) is 9.67. The first-order valence-corrected chi connectivity index (χ1v) is 12.3. The van der Waals surface area contributed by atoms with Crippen LogP contribution in [0.3, 0.4) is 0 Å². The number of esters is 1. The first-order chi connectivity index (χ1) is 15.8. The standard InChI is InChI=1S/C28H30ClNO3/c1-27-14-12-20-19-10-11-24(30-2)25(29)22(19)9-8-21(20)23(27)13-15-28(27,32)16-17-4-6-18(7-5-17)26(31)33-3/h4-7,10-11,20-21,23,32H,8-9,12-16H2,1,3H3/t20?,21?,23?,27-,28+/m0/s1. The van der Waals surface area contributed by atoms with Crippen molar-refractivity contribution in [2.75, 3.05) is 7.11 Å². The van der Waals surface area contributed by atoms with Crippen LogP contribution in [0.2, 0.25) is 5.02 Å². The monoisotopic (exact) mass is 463 g/mol. The van der Waals surface area contributed by atoms with Gasteiger partial charge in [-0.3, -0.25) is 0 Å². The summed E-state index contributed by atoms with van der Waals surface area (Å²) in [6.07, 6.45) is 6.47. The number of halogens is 1. The van der Waals surface area contributed by atoms with Gasteiger partial charge in [-0.25, -0.2) is 9.64 Å². The number of fused-ring (bicyclic) bond motifs is 5. The number of hydrogen-bond acceptors (Lipinski definition) is 3. The highest BCUT2D eigenvalue weighted by molar-refractivity contribution is 6.34. The summed E-state index contributed by atoms with van der Waals surface area (Å²) < 4.78 is 4.80. The van der Waals surface area contributed by atoms with Crippen LogP contribution in [0.4, 0.5) is 5.69 Å². The Morgan fingerprint density at radius 3 is 2.64 bits per heavy atom. The molecule has 0 saturated heterocycles. The zero-order chi connectivity index (χ0) is 23.4. The zero-order valence-electron chi connectivity index (χ0n) is 19.2. The van der Waals surface area contributed by atoms with Gasteiger partial charge in [0.1, 0.15) is 0 Å². The fraction of sp³-hybridized carbons (Fsp3) is 0.500. The molecule has 0 aromatic heterocycles. The normalized spacial score (nSPS) is 32.3. The summed E-state index contributed by atoms with van der Waals surface area (Å²) in [6, 6.07) is 11.5. The molecule has 1 N–H and O–H groups in total. The number of aliphatic hydroxyl groups is 1. The number of rotatable bonds is 3. The molecule has 0 bridgehead atoms. The smallest absolute Gasteiger partial charge is 0.337 e. The number of carbonyl (C=O) groups excluding carboxylic acids is 1. The predicted octanol–water partition coefficient (Wildman–Crippen LogP) is 6.51. The molecule has 5 atom stereocenters. The summed E-state index contributed by atoms with van der Waals surface area (Å²) >= 11 is 6.59. The molecule has 3 aliphatic rings. The third-order valence-corrected chi connectivity index (χ3v) is 9.56. The highest BCUT2D eigenvalue weighted by atomic mass is 35.5. The zero-order valence-corrected chi connectivity index (χ0v) is 20.0. The number of benzene rings is 2. The SMILES string of the molecule is [C-]#[N+]c1ccc2c(c1Cl)CCC1C2CC[C@@]2(C)C1CC[C@@]2(O)Cc1ccc(C(=O)OC)cc1. The summed E-state index contributed by atoms with van der Waals surface area (Å²) in [5.74, 6) is 1.14. The minimum atomic E-state index is -0.749. The molecule has 5 rings (SSSR count). The fourth-order valence-corrected chi connectivity index (χ4v) is 7.62. The highest BCUT2D eigenvalue weighted by Crippen LogP contribution is 2.65. The topological polar surface area (TPSA) is 50.9 Å². The number of hydrogen-bond donors (Lipinski definition) is 1. The van der Waals surface area contributed by atoms with Crippen molar-refractivity contribution in [3.05, 3.63) is 75.1 Å². The lowest BCUT2D eigenvalue weighted by molar-refractivity contribution is -0.102. The van der Waals surface area contributed by atoms with Gasteiger partial charge in [-0.05, 0) is 90.5 Å². The third-order valence-electron chi connectivity index (χ3n) is 9.14. The van der Waals surface area contributed by atoms with Crippen LogP contribution in [0, 0.1) is 23.8 Å². The van der Waals surface area contributed by atoms with Crippen LogP contribution < -0.4 is 0 Å². The van der Waals surface area contributed by atoms with E-state index in [9.17, 15) is 9.90 Å². The third kappa shape index (κ3) is 3.40. The highest BCUT2D eigenvalue weighted by Gasteiger charge is 2.61. The van der Waals surface area contributed by atoms with Gasteiger partial charge in [-0.1, -0.05) is 42.8 Å². The molecule has 33 heavy (non-hydrogen) atoms. The van der Waals surface area contributed by atoms with Crippen LogP contribution in [0.1, 0.15) is 72.0 Å². The molecular formula is C28H30ClNO3. The lowest BCUT2D eigenvalue weighted by atomic mass is 9.52. The van der Waals surface area contributed by atoms with Crippen LogP contribution in [-0.2, 0) is 17.6 Å². The molecule has 4 nitrogen and oxygen atoms in total. The van der Waals surface area contributed by atoms with Crippen LogP contribution in [0.25, 0.3) is 4.85 Å². The van der Waals surface area contributed by atoms with E-state index in [0.29, 0.717) is 40.4 Å². The molecule has 172 valence electrons. The van der Waals surface area contributed by atoms with E-state index in [2.05, 4.69) is 17.8 Å². The molecule has 0 spiro atoms. The van der Waals surface area contributed by atoms with E-state index in [1.54, 1.807) is 12.1 Å². The summed E-state index contributed by atoms with van der Waals surface area (Å²) in [7, 11) is 1.39. The van der Waals surface area contributed by atoms with Crippen molar-refractivity contribution in [1.82, 2.24) is 0 Å². The summed E-state index contributed by atoms with van der Waals surface area (Å²) in [4.78, 5) is 15.3. The average Bonchev–Trinajstić information content (AvgIpc) is 3.09. The minimum absolute atomic E-state index is 0.132. The first-order valence-electron chi connectivity index (χ1n) is 11.9. The molecule has 2 aromatic rings. The van der Waals surface area contributed by atoms with E-state index in [1.807, 2.05) is 18.2 Å². The van der Waals surface area contributed by atoms with Gasteiger partial charge < -0.3 is 9.84 Å². The largest absolute Gasteiger partial charge is 0.465 e. The van der Waals surface area contributed by atoms with Crippen molar-refractivity contribution in [3.63, 3.8) is 0 Å². The molecule has 3 unspecified atom stereocenters. The maximum absolute atomic E-state index is 12.0. The Labute approximate surface area is 200 Å². The second-order valence-electron chi connectivity index (χ2n) is 10.4. The van der Waals surface area contributed by atoms with Gasteiger partial charge in [0.05, 0.1) is 29.9 Å². The Morgan fingerprint density at radius 1 is 1.18 bits per heavy atom. The van der Waals surface area contributed by atoms with E-state index in [4.69, 9.17) is 22.9 Å². The van der Waals surface area contributed by atoms with Crippen molar-refractivity contribution >= 4 is 23.3 Å². The lowest BCUT2D eigenvalue weighted by Crippen LogP contribution is -2.51. The van der Waals surface area contributed by atoms with Crippen molar-refractivity contribution < 1.29 is 14.6 Å². The Morgan fingerprint density at radius 2 is 1.94 bits per heavy atom. The predicted molar refractivity (Wildman–Crippen MR) is 129 cm³/mol. The number of methoxy groups -OCH3 is 1. The van der Waals surface area contributed by atoms with Crippen LogP contribution >= 0.6 is 11.6 Å². The van der Waals surface area contributed by atoms with Crippen molar-refractivity contribution in [3.8, 4) is 0 Å². The van der Waals surface area contributed by atoms with Gasteiger partial charge in [0.2, 0.25) is 5.69 Å². The van der Waals surface area contributed by atoms with Gasteiger partial charge in [0.15, 0.2) is 0 Å². The van der Waals surface area contributed by atoms with Gasteiger partial charge >= 0.3 is 5.97 Å². The lowest BCUT2D eigenvalue weighted by Gasteiger charge is -2.53. The van der Waals surface area contributed by atoms with Gasteiger partial charge in [0, 0.05) is 6.42 Å². The van der Waals surface area contributed by atoms with Crippen molar-refractivity contribution in [2.45, 2.75) is 63.4 Å². The molecule has 0 amide bonds. The van der Waals surface area contributed by atoms with Crippen LogP contribution in [-0.4, -0.2) is 23.8 Å². The molecule has 2 aromatic carbocycles. The molecule has 3 aliphatic carbocycles. The second kappa shape index (κ2) is 8.15. The number of ether oxygens (including phenoxy) is 1. The van der Waals surface area contributed by atoms with E-state index in [-0.39, 0.29) is 11.4 Å². The second-order valence-corrected chi connectivity index (χ2v) is 10.8. The average molecular weight is 464 g/mol. The van der Waals surface area contributed by atoms with Crippen molar-refractivity contribution in [2.24, 2.45) is 17.3 Å². The van der Waals surface area contributed by atoms with Crippen LogP contribution in [0.5, 0.6) is 0 Å². The van der Waals surface area contributed by atoms with Gasteiger partial charge in [0.25, 0.3) is 0 Å². The van der Waals surface area contributed by atoms with Crippen molar-refractivity contribution in [1.29, 1.82) is 0 Å². The Balaban J connectivity index is 1.40. The number of nitrogens with zero attached hydrogens (tertiary/aromatic N) is 1. The molecule has 5 heteroatoms. The van der Waals surface area contributed by atoms with E-state index in [1.165, 1.54) is 18.2 Å². The first kappa shape index (κ1) is 22.4. The molecule has 2 saturated carbocycles. The summed E-state index contributed by atoms with van der Waals surface area (Å²) in [5.41, 5.74) is 3.78. The molecule has 2 fully saturated rings. The van der Waals surface area contributed by atoms with Crippen LogP contribution in [0.15, 0.2) is 36.4 Å². The number of carbonyl (C=O) groups is 1. The maximum atomic E-state index is 12.0. The minimum Gasteiger partial charge on any atom is -0.465 e. The maximum Gasteiger partial charge on any atom is 0.337 e.